The van der Waals surface area contributed by atoms with E-state index >= 15 is 0 Å². The van der Waals surface area contributed by atoms with Gasteiger partial charge in [-0.05, 0) is 92.8 Å². The molecule has 1 amide bonds. The van der Waals surface area contributed by atoms with Crippen molar-refractivity contribution < 1.29 is 18.0 Å². The topological polar surface area (TPSA) is 32.3 Å². The highest BCUT2D eigenvalue weighted by Crippen LogP contribution is 2.56. The Kier molecular flexibility index (Phi) is 5.78. The molecule has 1 N–H and O–H groups in total. The summed E-state index contributed by atoms with van der Waals surface area (Å²) < 4.78 is 39.2. The third kappa shape index (κ3) is 4.17. The number of allylic oxidation sites excluding steroid dienone is 1. The van der Waals surface area contributed by atoms with Crippen molar-refractivity contribution in [2.75, 3.05) is 13.1 Å². The number of benzene rings is 2. The lowest BCUT2D eigenvalue weighted by atomic mass is 9.74. The minimum Gasteiger partial charge on any atom is -0.352 e. The molecule has 1 aliphatic heterocycles. The van der Waals surface area contributed by atoms with Crippen LogP contribution in [0.15, 0.2) is 54.6 Å². The fraction of sp³-hybridized carbons (Fsp3) is 0.500. The molecule has 4 aliphatic rings. The summed E-state index contributed by atoms with van der Waals surface area (Å²) in [4.78, 5) is 16.1. The van der Waals surface area contributed by atoms with Gasteiger partial charge in [-0.1, -0.05) is 48.6 Å². The standard InChI is InChI=1S/C30H33F3N2O/c31-30(32,33)24-6-3-4-21(18-24)20-34-27(36)29(23-8-9-23)13-11-25(19-29)35-16-14-28(15-17-35)12-10-22-5-1-2-7-26(22)28/h1-7,10,12,18,23,25H,8-9,11,13-17,19-20H2,(H,34,36). The van der Waals surface area contributed by atoms with Gasteiger partial charge in [0.25, 0.3) is 0 Å². The van der Waals surface area contributed by atoms with E-state index in [1.54, 1.807) is 6.07 Å². The quantitative estimate of drug-likeness (QED) is 0.527. The average molecular weight is 495 g/mol. The fourth-order valence-electron chi connectivity index (χ4n) is 7.13. The Balaban J connectivity index is 1.10. The van der Waals surface area contributed by atoms with E-state index in [1.807, 2.05) is 0 Å². The van der Waals surface area contributed by atoms with Gasteiger partial charge in [-0.2, -0.15) is 13.2 Å². The van der Waals surface area contributed by atoms with Crippen LogP contribution in [0.1, 0.15) is 67.2 Å². The number of hydrogen-bond donors (Lipinski definition) is 1. The van der Waals surface area contributed by atoms with Crippen LogP contribution >= 0.6 is 0 Å². The molecule has 1 spiro atoms. The van der Waals surface area contributed by atoms with Crippen LogP contribution in [0, 0.1) is 11.3 Å². The van der Waals surface area contributed by atoms with Crippen LogP contribution in [-0.4, -0.2) is 29.9 Å². The van der Waals surface area contributed by atoms with Crippen LogP contribution in [0.2, 0.25) is 0 Å². The van der Waals surface area contributed by atoms with Gasteiger partial charge in [0.15, 0.2) is 0 Å². The highest BCUT2D eigenvalue weighted by Gasteiger charge is 2.55. The van der Waals surface area contributed by atoms with Crippen molar-refractivity contribution in [3.8, 4) is 0 Å². The summed E-state index contributed by atoms with van der Waals surface area (Å²) in [5.74, 6) is 0.441. The lowest BCUT2D eigenvalue weighted by molar-refractivity contribution is -0.137. The number of fused-ring (bicyclic) bond motifs is 2. The van der Waals surface area contributed by atoms with E-state index < -0.39 is 11.7 Å². The van der Waals surface area contributed by atoms with E-state index in [0.29, 0.717) is 17.5 Å². The van der Waals surface area contributed by atoms with Crippen molar-refractivity contribution in [1.29, 1.82) is 0 Å². The third-order valence-electron chi connectivity index (χ3n) is 9.33. The lowest BCUT2D eigenvalue weighted by Gasteiger charge is -2.42. The second-order valence-corrected chi connectivity index (χ2v) is 11.3. The van der Waals surface area contributed by atoms with Gasteiger partial charge in [0, 0.05) is 18.0 Å². The number of amides is 1. The van der Waals surface area contributed by atoms with Crippen molar-refractivity contribution in [2.24, 2.45) is 11.3 Å². The molecule has 3 fully saturated rings. The number of halogens is 3. The predicted molar refractivity (Wildman–Crippen MR) is 134 cm³/mol. The highest BCUT2D eigenvalue weighted by atomic mass is 19.4. The van der Waals surface area contributed by atoms with Crippen molar-refractivity contribution in [3.05, 3.63) is 76.9 Å². The zero-order valence-electron chi connectivity index (χ0n) is 20.5. The number of hydrogen-bond acceptors (Lipinski definition) is 2. The Hall–Kier alpha value is -2.60. The molecular formula is C30H33F3N2O. The van der Waals surface area contributed by atoms with E-state index in [4.69, 9.17) is 0 Å². The molecule has 3 aliphatic carbocycles. The first kappa shape index (κ1) is 23.8. The molecule has 1 heterocycles. The molecule has 2 aromatic carbocycles. The molecule has 6 heteroatoms. The summed E-state index contributed by atoms with van der Waals surface area (Å²) in [6.07, 6.45) is 7.43. The Morgan fingerprint density at radius 3 is 2.53 bits per heavy atom. The van der Waals surface area contributed by atoms with E-state index in [0.717, 1.165) is 70.2 Å². The first-order valence-corrected chi connectivity index (χ1v) is 13.3. The van der Waals surface area contributed by atoms with Gasteiger partial charge in [-0.25, -0.2) is 0 Å². The van der Waals surface area contributed by atoms with Gasteiger partial charge in [0.2, 0.25) is 5.91 Å². The molecule has 2 aromatic rings. The second kappa shape index (κ2) is 8.76. The first-order valence-electron chi connectivity index (χ1n) is 13.3. The summed E-state index contributed by atoms with van der Waals surface area (Å²) in [5.41, 5.74) is 2.40. The molecule has 0 bridgehead atoms. The number of carbonyl (C=O) groups excluding carboxylic acids is 1. The van der Waals surface area contributed by atoms with Crippen LogP contribution in [0.25, 0.3) is 6.08 Å². The predicted octanol–water partition coefficient (Wildman–Crippen LogP) is 6.33. The minimum atomic E-state index is -4.38. The van der Waals surface area contributed by atoms with Gasteiger partial charge >= 0.3 is 6.18 Å². The molecule has 6 rings (SSSR count). The molecular weight excluding hydrogens is 461 g/mol. The van der Waals surface area contributed by atoms with E-state index in [1.165, 1.54) is 17.2 Å². The Morgan fingerprint density at radius 2 is 1.78 bits per heavy atom. The van der Waals surface area contributed by atoms with Crippen molar-refractivity contribution >= 4 is 12.0 Å². The van der Waals surface area contributed by atoms with Crippen LogP contribution < -0.4 is 5.32 Å². The molecule has 2 atom stereocenters. The number of nitrogens with zero attached hydrogens (tertiary/aromatic N) is 1. The smallest absolute Gasteiger partial charge is 0.352 e. The molecule has 3 nitrogen and oxygen atoms in total. The molecule has 2 saturated carbocycles. The summed E-state index contributed by atoms with van der Waals surface area (Å²) in [6.45, 7) is 2.21. The molecule has 1 saturated heterocycles. The summed E-state index contributed by atoms with van der Waals surface area (Å²) in [5, 5.41) is 3.02. The summed E-state index contributed by atoms with van der Waals surface area (Å²) in [7, 11) is 0. The first-order chi connectivity index (χ1) is 17.3. The Morgan fingerprint density at radius 1 is 1.00 bits per heavy atom. The summed E-state index contributed by atoms with van der Waals surface area (Å²) in [6, 6.07) is 14.4. The highest BCUT2D eigenvalue weighted by molar-refractivity contribution is 5.84. The monoisotopic (exact) mass is 494 g/mol. The maximum absolute atomic E-state index is 13.5. The number of alkyl halides is 3. The number of rotatable bonds is 5. The normalized spacial score (nSPS) is 27.4. The average Bonchev–Trinajstić information content (AvgIpc) is 3.56. The van der Waals surface area contributed by atoms with Gasteiger partial charge in [0.05, 0.1) is 11.0 Å². The maximum Gasteiger partial charge on any atom is 0.416 e. The Labute approximate surface area is 210 Å². The van der Waals surface area contributed by atoms with Crippen molar-refractivity contribution in [3.63, 3.8) is 0 Å². The van der Waals surface area contributed by atoms with E-state index in [-0.39, 0.29) is 23.3 Å². The summed E-state index contributed by atoms with van der Waals surface area (Å²) >= 11 is 0. The van der Waals surface area contributed by atoms with Crippen molar-refractivity contribution in [2.45, 2.75) is 69.1 Å². The zero-order chi connectivity index (χ0) is 25.0. The zero-order valence-corrected chi connectivity index (χ0v) is 20.5. The third-order valence-corrected chi connectivity index (χ3v) is 9.33. The molecule has 0 aromatic heterocycles. The molecule has 36 heavy (non-hydrogen) atoms. The van der Waals surface area contributed by atoms with Crippen LogP contribution in [0.4, 0.5) is 13.2 Å². The number of nitrogens with one attached hydrogen (secondary N) is 1. The molecule has 2 unspecified atom stereocenters. The van der Waals surface area contributed by atoms with Crippen LogP contribution in [-0.2, 0) is 22.9 Å². The minimum absolute atomic E-state index is 0.0334. The molecule has 190 valence electrons. The van der Waals surface area contributed by atoms with E-state index in [9.17, 15) is 18.0 Å². The van der Waals surface area contributed by atoms with Crippen LogP contribution in [0.5, 0.6) is 0 Å². The number of piperidine rings is 1. The van der Waals surface area contributed by atoms with E-state index in [2.05, 4.69) is 46.6 Å². The largest absolute Gasteiger partial charge is 0.416 e. The lowest BCUT2D eigenvalue weighted by Crippen LogP contribution is -2.47. The van der Waals surface area contributed by atoms with Crippen molar-refractivity contribution in [1.82, 2.24) is 10.2 Å². The number of likely N-dealkylation sites (tertiary alicyclic amines) is 1. The number of carbonyl (C=O) groups is 1. The fourth-order valence-corrected chi connectivity index (χ4v) is 7.13. The SMILES string of the molecule is O=C(NCc1cccc(C(F)(F)F)c1)C1(C2CC2)CCC(N2CCC3(C=Cc4ccccc43)CC2)C1. The molecule has 0 radical (unpaired) electrons. The van der Waals surface area contributed by atoms with Crippen LogP contribution in [0.3, 0.4) is 0 Å². The van der Waals surface area contributed by atoms with Gasteiger partial charge in [-0.3, -0.25) is 4.79 Å². The van der Waals surface area contributed by atoms with Gasteiger partial charge < -0.3 is 10.2 Å². The van der Waals surface area contributed by atoms with Gasteiger partial charge in [0.1, 0.15) is 0 Å². The Bertz CT molecular complexity index is 1180. The van der Waals surface area contributed by atoms with Gasteiger partial charge in [-0.15, -0.1) is 0 Å². The second-order valence-electron chi connectivity index (χ2n) is 11.3. The maximum atomic E-state index is 13.5.